The van der Waals surface area contributed by atoms with E-state index in [0.29, 0.717) is 22.8 Å². The second kappa shape index (κ2) is 11.2. The van der Waals surface area contributed by atoms with E-state index in [2.05, 4.69) is 10.6 Å². The van der Waals surface area contributed by atoms with Gasteiger partial charge in [-0.15, -0.1) is 0 Å². The first-order chi connectivity index (χ1) is 15.5. The number of halogens is 1. The molecule has 0 unspecified atom stereocenters. The van der Waals surface area contributed by atoms with E-state index < -0.39 is 0 Å². The van der Waals surface area contributed by atoms with Crippen molar-refractivity contribution in [3.63, 3.8) is 0 Å². The highest BCUT2D eigenvalue weighted by atomic mass is 35.5. The van der Waals surface area contributed by atoms with Crippen molar-refractivity contribution in [2.45, 2.75) is 6.92 Å². The Kier molecular flexibility index (Phi) is 8.14. The van der Waals surface area contributed by atoms with Gasteiger partial charge in [0.2, 0.25) is 5.91 Å². The summed E-state index contributed by atoms with van der Waals surface area (Å²) in [7, 11) is 0. The Bertz CT molecular complexity index is 1130. The van der Waals surface area contributed by atoms with Gasteiger partial charge in [-0.25, -0.2) is 0 Å². The van der Waals surface area contributed by atoms with E-state index in [1.807, 2.05) is 37.3 Å². The molecule has 3 aromatic carbocycles. The summed E-state index contributed by atoms with van der Waals surface area (Å²) in [6.07, 6.45) is 3.03. The molecule has 0 bridgehead atoms. The van der Waals surface area contributed by atoms with Gasteiger partial charge in [0.15, 0.2) is 5.11 Å². The number of benzene rings is 3. The van der Waals surface area contributed by atoms with Crippen molar-refractivity contribution >= 4 is 58.2 Å². The summed E-state index contributed by atoms with van der Waals surface area (Å²) in [5, 5.41) is 6.27. The molecule has 0 radical (unpaired) electrons. The van der Waals surface area contributed by atoms with Crippen molar-refractivity contribution in [2.24, 2.45) is 0 Å². The summed E-state index contributed by atoms with van der Waals surface area (Å²) in [6, 6.07) is 23.6. The number of hydrogen-bond acceptors (Lipinski definition) is 3. The quantitative estimate of drug-likeness (QED) is 0.372. The van der Waals surface area contributed by atoms with Gasteiger partial charge < -0.3 is 10.2 Å². The van der Waals surface area contributed by atoms with Crippen LogP contribution in [-0.4, -0.2) is 23.5 Å². The van der Waals surface area contributed by atoms with Crippen LogP contribution in [0.2, 0.25) is 5.02 Å². The fraction of sp³-hybridized carbons (Fsp3) is 0.0800. The average Bonchev–Trinajstić information content (AvgIpc) is 2.80. The van der Waals surface area contributed by atoms with Gasteiger partial charge in [-0.3, -0.25) is 14.9 Å². The SMILES string of the molecule is CCN(C(=O)c1ccccc1NC(=S)NC(=O)/C=C/c1ccc(Cl)cc1)c1ccccc1. The molecule has 0 fully saturated rings. The number of carbonyl (C=O) groups excluding carboxylic acids is 2. The predicted octanol–water partition coefficient (Wildman–Crippen LogP) is 5.53. The zero-order chi connectivity index (χ0) is 22.9. The van der Waals surface area contributed by atoms with E-state index in [4.69, 9.17) is 23.8 Å². The van der Waals surface area contributed by atoms with Crippen LogP contribution in [0.4, 0.5) is 11.4 Å². The molecule has 0 heterocycles. The number of para-hydroxylation sites is 2. The van der Waals surface area contributed by atoms with Crippen LogP contribution in [0.3, 0.4) is 0 Å². The minimum absolute atomic E-state index is 0.0961. The Morgan fingerprint density at radius 1 is 0.969 bits per heavy atom. The topological polar surface area (TPSA) is 61.4 Å². The molecule has 32 heavy (non-hydrogen) atoms. The smallest absolute Gasteiger partial charge is 0.260 e. The van der Waals surface area contributed by atoms with E-state index in [0.717, 1.165) is 11.3 Å². The second-order valence-corrected chi connectivity index (χ2v) is 7.60. The summed E-state index contributed by atoms with van der Waals surface area (Å²) in [6.45, 7) is 2.42. The van der Waals surface area contributed by atoms with Gasteiger partial charge >= 0.3 is 0 Å². The fourth-order valence-electron chi connectivity index (χ4n) is 3.03. The van der Waals surface area contributed by atoms with Crippen molar-refractivity contribution in [1.29, 1.82) is 0 Å². The van der Waals surface area contributed by atoms with E-state index >= 15 is 0 Å². The van der Waals surface area contributed by atoms with Crippen LogP contribution < -0.4 is 15.5 Å². The van der Waals surface area contributed by atoms with Crippen molar-refractivity contribution < 1.29 is 9.59 Å². The third-order valence-electron chi connectivity index (χ3n) is 4.57. The van der Waals surface area contributed by atoms with Crippen molar-refractivity contribution in [3.05, 3.63) is 101 Å². The molecule has 0 atom stereocenters. The lowest BCUT2D eigenvalue weighted by molar-refractivity contribution is -0.115. The number of thiocarbonyl (C=S) groups is 1. The predicted molar refractivity (Wildman–Crippen MR) is 135 cm³/mol. The second-order valence-electron chi connectivity index (χ2n) is 6.76. The zero-order valence-corrected chi connectivity index (χ0v) is 19.0. The molecule has 2 amide bonds. The largest absolute Gasteiger partial charge is 0.332 e. The van der Waals surface area contributed by atoms with E-state index in [1.165, 1.54) is 6.08 Å². The molecule has 0 saturated heterocycles. The van der Waals surface area contributed by atoms with Crippen LogP contribution >= 0.6 is 23.8 Å². The highest BCUT2D eigenvalue weighted by Gasteiger charge is 2.19. The number of amides is 2. The van der Waals surface area contributed by atoms with E-state index in [-0.39, 0.29) is 16.9 Å². The maximum atomic E-state index is 13.2. The standard InChI is InChI=1S/C25H22ClN3O2S/c1-2-29(20-8-4-3-5-9-20)24(31)21-10-6-7-11-22(21)27-25(32)28-23(30)17-14-18-12-15-19(26)16-13-18/h3-17H,2H2,1H3,(H2,27,28,30,32)/b17-14+. The third kappa shape index (κ3) is 6.26. The van der Waals surface area contributed by atoms with E-state index in [1.54, 1.807) is 59.5 Å². The first-order valence-electron chi connectivity index (χ1n) is 9.99. The normalized spacial score (nSPS) is 10.6. The van der Waals surface area contributed by atoms with Crippen LogP contribution in [0.15, 0.2) is 84.9 Å². The molecule has 7 heteroatoms. The molecule has 5 nitrogen and oxygen atoms in total. The molecule has 2 N–H and O–H groups in total. The summed E-state index contributed by atoms with van der Waals surface area (Å²) < 4.78 is 0. The van der Waals surface area contributed by atoms with Gasteiger partial charge in [-0.2, -0.15) is 0 Å². The van der Waals surface area contributed by atoms with Crippen LogP contribution in [0, 0.1) is 0 Å². The molecule has 0 spiro atoms. The van der Waals surface area contributed by atoms with Gasteiger partial charge in [0.25, 0.3) is 5.91 Å². The minimum atomic E-state index is -0.388. The Morgan fingerprint density at radius 3 is 2.31 bits per heavy atom. The minimum Gasteiger partial charge on any atom is -0.332 e. The van der Waals surface area contributed by atoms with Crippen LogP contribution in [-0.2, 0) is 4.79 Å². The van der Waals surface area contributed by atoms with Crippen LogP contribution in [0.1, 0.15) is 22.8 Å². The Balaban J connectivity index is 1.68. The van der Waals surface area contributed by atoms with Gasteiger partial charge in [0.05, 0.1) is 11.3 Å². The molecule has 3 aromatic rings. The number of nitrogens with one attached hydrogen (secondary N) is 2. The summed E-state index contributed by atoms with van der Waals surface area (Å²) >= 11 is 11.1. The highest BCUT2D eigenvalue weighted by Crippen LogP contribution is 2.21. The number of nitrogens with zero attached hydrogens (tertiary/aromatic N) is 1. The van der Waals surface area contributed by atoms with Gasteiger partial charge in [0.1, 0.15) is 0 Å². The van der Waals surface area contributed by atoms with Gasteiger partial charge in [-0.1, -0.05) is 54.1 Å². The number of carbonyl (C=O) groups is 2. The summed E-state index contributed by atoms with van der Waals surface area (Å²) in [5.41, 5.74) is 2.60. The number of rotatable bonds is 6. The fourth-order valence-corrected chi connectivity index (χ4v) is 3.36. The molecular formula is C25H22ClN3O2S. The van der Waals surface area contributed by atoms with Gasteiger partial charge in [-0.05, 0) is 67.2 Å². The van der Waals surface area contributed by atoms with Gasteiger partial charge in [0, 0.05) is 23.3 Å². The van der Waals surface area contributed by atoms with Crippen molar-refractivity contribution in [1.82, 2.24) is 5.32 Å². The van der Waals surface area contributed by atoms with E-state index in [9.17, 15) is 9.59 Å². The molecule has 0 saturated carbocycles. The Hall–Kier alpha value is -3.48. The van der Waals surface area contributed by atoms with Crippen LogP contribution in [0.25, 0.3) is 6.08 Å². The summed E-state index contributed by atoms with van der Waals surface area (Å²) in [4.78, 5) is 27.1. The molecule has 3 rings (SSSR count). The lowest BCUT2D eigenvalue weighted by Gasteiger charge is -2.22. The molecular weight excluding hydrogens is 442 g/mol. The molecule has 0 aromatic heterocycles. The third-order valence-corrected chi connectivity index (χ3v) is 5.02. The maximum Gasteiger partial charge on any atom is 0.260 e. The first-order valence-corrected chi connectivity index (χ1v) is 10.8. The number of anilines is 2. The zero-order valence-electron chi connectivity index (χ0n) is 17.4. The Morgan fingerprint density at radius 2 is 1.62 bits per heavy atom. The summed E-state index contributed by atoms with van der Waals surface area (Å²) in [5.74, 6) is -0.556. The van der Waals surface area contributed by atoms with Crippen LogP contribution in [0.5, 0.6) is 0 Å². The molecule has 0 aliphatic heterocycles. The average molecular weight is 464 g/mol. The van der Waals surface area contributed by atoms with Crippen molar-refractivity contribution in [2.75, 3.05) is 16.8 Å². The maximum absolute atomic E-state index is 13.2. The van der Waals surface area contributed by atoms with Crippen molar-refractivity contribution in [3.8, 4) is 0 Å². The molecule has 0 aliphatic carbocycles. The lowest BCUT2D eigenvalue weighted by Crippen LogP contribution is -2.35. The lowest BCUT2D eigenvalue weighted by atomic mass is 10.1. The number of hydrogen-bond donors (Lipinski definition) is 2. The molecule has 0 aliphatic rings. The molecule has 162 valence electrons. The first kappa shape index (κ1) is 23.2. The highest BCUT2D eigenvalue weighted by molar-refractivity contribution is 7.80. The monoisotopic (exact) mass is 463 g/mol. The Labute approximate surface area is 197 Å².